The first-order valence-electron chi connectivity index (χ1n) is 12.2. The summed E-state index contributed by atoms with van der Waals surface area (Å²) in [7, 11) is 0. The summed E-state index contributed by atoms with van der Waals surface area (Å²) in [5.41, 5.74) is 1.75. The van der Waals surface area contributed by atoms with Gasteiger partial charge in [0.05, 0.1) is 21.6 Å². The van der Waals surface area contributed by atoms with E-state index in [1.807, 2.05) is 36.6 Å². The lowest BCUT2D eigenvalue weighted by molar-refractivity contribution is -0.384. The van der Waals surface area contributed by atoms with E-state index in [-0.39, 0.29) is 28.7 Å². The minimum atomic E-state index is -0.831. The van der Waals surface area contributed by atoms with E-state index in [0.717, 1.165) is 38.4 Å². The first-order chi connectivity index (χ1) is 19.2. The van der Waals surface area contributed by atoms with Crippen molar-refractivity contribution in [2.75, 3.05) is 10.2 Å². The molecule has 2 aromatic carbocycles. The topological polar surface area (TPSA) is 132 Å². The number of fused-ring (bicyclic) bond motifs is 2. The molecule has 3 amide bonds. The van der Waals surface area contributed by atoms with Crippen LogP contribution in [0.25, 0.3) is 0 Å². The molecule has 1 N–H and O–H groups in total. The number of imide groups is 1. The fraction of sp³-hybridized carbons (Fsp3) is 0.185. The first-order valence-corrected chi connectivity index (χ1v) is 14.7. The second-order valence-electron chi connectivity index (χ2n) is 9.38. The van der Waals surface area contributed by atoms with E-state index in [2.05, 4.69) is 5.32 Å². The third-order valence-corrected chi connectivity index (χ3v) is 10.4. The quantitative estimate of drug-likeness (QED) is 0.196. The number of nitrogens with zero attached hydrogens (tertiary/aromatic N) is 3. The van der Waals surface area contributed by atoms with Gasteiger partial charge in [0.25, 0.3) is 5.69 Å². The van der Waals surface area contributed by atoms with Crippen molar-refractivity contribution in [2.24, 2.45) is 5.92 Å². The van der Waals surface area contributed by atoms with Crippen LogP contribution in [0.3, 0.4) is 0 Å². The number of rotatable bonds is 6. The highest BCUT2D eigenvalue weighted by Crippen LogP contribution is 2.54. The number of aryl methyl sites for hydroxylation is 1. The van der Waals surface area contributed by atoms with Crippen LogP contribution in [0.15, 0.2) is 75.9 Å². The van der Waals surface area contributed by atoms with Crippen molar-refractivity contribution in [3.8, 4) is 0 Å². The molecule has 3 atom stereocenters. The molecule has 2 aliphatic rings. The normalized spacial score (nSPS) is 19.8. The minimum absolute atomic E-state index is 0.152. The molecule has 13 heteroatoms. The van der Waals surface area contributed by atoms with Gasteiger partial charge in [-0.3, -0.25) is 33.9 Å². The average Bonchev–Trinajstić information content (AvgIpc) is 3.63. The van der Waals surface area contributed by atoms with Gasteiger partial charge in [0.1, 0.15) is 11.8 Å². The molecular weight excluding hydrogens is 573 g/mol. The molecule has 6 rings (SSSR count). The maximum Gasteiger partial charge on any atom is 0.308 e. The molecule has 2 aromatic heterocycles. The Labute approximate surface area is 239 Å². The van der Waals surface area contributed by atoms with Crippen molar-refractivity contribution >= 4 is 69.2 Å². The first kappa shape index (κ1) is 26.2. The number of nitro groups is 1. The number of benzene rings is 2. The summed E-state index contributed by atoms with van der Waals surface area (Å²) in [5.74, 6) is -2.59. The zero-order chi connectivity index (χ0) is 28.1. The molecule has 1 saturated heterocycles. The molecule has 0 aliphatic carbocycles. The highest BCUT2D eigenvalue weighted by Gasteiger charge is 2.57. The van der Waals surface area contributed by atoms with Crippen LogP contribution in [-0.2, 0) is 20.9 Å². The number of hydrogen-bond acceptors (Lipinski definition) is 9. The van der Waals surface area contributed by atoms with Crippen molar-refractivity contribution in [3.63, 3.8) is 0 Å². The van der Waals surface area contributed by atoms with Gasteiger partial charge in [-0.1, -0.05) is 46.9 Å². The van der Waals surface area contributed by atoms with Crippen LogP contribution >= 0.6 is 34.4 Å². The van der Waals surface area contributed by atoms with Crippen LogP contribution in [0, 0.1) is 23.0 Å². The van der Waals surface area contributed by atoms with E-state index in [1.54, 1.807) is 12.1 Å². The zero-order valence-electron chi connectivity index (χ0n) is 20.8. The molecule has 40 heavy (non-hydrogen) atoms. The highest BCUT2D eigenvalue weighted by molar-refractivity contribution is 8.00. The van der Waals surface area contributed by atoms with Crippen molar-refractivity contribution in [1.82, 2.24) is 4.57 Å². The smallest absolute Gasteiger partial charge is 0.308 e. The molecule has 0 spiro atoms. The number of nitrogens with one attached hydrogen (secondary N) is 1. The second kappa shape index (κ2) is 10.2. The molecular formula is C27H20N4O6S3. The number of carbonyl (C=O) groups is 3. The van der Waals surface area contributed by atoms with Gasteiger partial charge < -0.3 is 5.32 Å². The van der Waals surface area contributed by atoms with E-state index in [4.69, 9.17) is 0 Å². The maximum absolute atomic E-state index is 13.8. The van der Waals surface area contributed by atoms with Gasteiger partial charge in [0.15, 0.2) is 0 Å². The fourth-order valence-electron chi connectivity index (χ4n) is 4.99. The van der Waals surface area contributed by atoms with Crippen LogP contribution in [0.2, 0.25) is 0 Å². The van der Waals surface area contributed by atoms with Crippen LogP contribution < -0.4 is 15.1 Å². The number of anilines is 2. The van der Waals surface area contributed by atoms with Crippen molar-refractivity contribution in [2.45, 2.75) is 29.7 Å². The van der Waals surface area contributed by atoms with Gasteiger partial charge >= 0.3 is 4.87 Å². The summed E-state index contributed by atoms with van der Waals surface area (Å²) in [6.45, 7) is 1.70. The number of thiazole rings is 1. The highest BCUT2D eigenvalue weighted by atomic mass is 32.2. The Balaban J connectivity index is 1.36. The summed E-state index contributed by atoms with van der Waals surface area (Å²) >= 11 is 3.54. The summed E-state index contributed by atoms with van der Waals surface area (Å²) in [4.78, 5) is 66.3. The Hall–Kier alpha value is -4.07. The number of amides is 3. The van der Waals surface area contributed by atoms with Crippen molar-refractivity contribution < 1.29 is 19.3 Å². The Bertz CT molecular complexity index is 1710. The summed E-state index contributed by atoms with van der Waals surface area (Å²) in [6, 6.07) is 16.3. The number of thiophene rings is 1. The molecule has 2 aliphatic heterocycles. The molecule has 0 bridgehead atoms. The molecule has 0 unspecified atom stereocenters. The molecule has 0 radical (unpaired) electrons. The fourth-order valence-corrected chi connectivity index (χ4v) is 8.71. The predicted octanol–water partition coefficient (Wildman–Crippen LogP) is 4.62. The van der Waals surface area contributed by atoms with E-state index in [9.17, 15) is 29.3 Å². The second-order valence-corrected chi connectivity index (χ2v) is 12.5. The van der Waals surface area contributed by atoms with Crippen molar-refractivity contribution in [3.05, 3.63) is 101 Å². The standard InChI is InChI=1S/C27H20N4O6S3/c1-14-4-6-15(7-5-14)28-19(32)13-29-26-23(40-27(29)35)20(18-3-2-12-38-18)21-22(39-26)25(34)30(24(21)33)16-8-10-17(11-9-16)31(36)37/h2-12,20-22H,13H2,1H3,(H,28,32)/t20-,21-,22+/m0/s1. The lowest BCUT2D eigenvalue weighted by atomic mass is 9.87. The molecule has 202 valence electrons. The van der Waals surface area contributed by atoms with Gasteiger partial charge in [0, 0.05) is 33.5 Å². The third kappa shape index (κ3) is 4.45. The maximum atomic E-state index is 13.8. The number of hydrogen-bond donors (Lipinski definition) is 1. The van der Waals surface area contributed by atoms with Gasteiger partial charge in [-0.25, -0.2) is 4.90 Å². The van der Waals surface area contributed by atoms with Crippen LogP contribution in [0.5, 0.6) is 0 Å². The number of non-ortho nitro benzene ring substituents is 1. The summed E-state index contributed by atoms with van der Waals surface area (Å²) in [6.07, 6.45) is 0. The van der Waals surface area contributed by atoms with Gasteiger partial charge in [-0.2, -0.15) is 0 Å². The number of carbonyl (C=O) groups excluding carboxylic acids is 3. The Kier molecular flexibility index (Phi) is 6.64. The summed E-state index contributed by atoms with van der Waals surface area (Å²) in [5, 5.41) is 15.4. The molecule has 0 saturated carbocycles. The lowest BCUT2D eigenvalue weighted by Crippen LogP contribution is -2.32. The Morgan fingerprint density at radius 1 is 1.02 bits per heavy atom. The Morgan fingerprint density at radius 2 is 1.75 bits per heavy atom. The minimum Gasteiger partial charge on any atom is -0.325 e. The van der Waals surface area contributed by atoms with Crippen molar-refractivity contribution in [1.29, 1.82) is 0 Å². The van der Waals surface area contributed by atoms with Gasteiger partial charge in [-0.15, -0.1) is 11.3 Å². The third-order valence-electron chi connectivity index (χ3n) is 6.85. The SMILES string of the molecule is Cc1ccc(NC(=O)Cn2c3c(sc2=O)[C@@H](c2cccs2)[C@@H]2C(=O)N(c4ccc([N+](=O)[O-])cc4)C(=O)[C@@H]2S3)cc1. The number of thioether (sulfide) groups is 1. The van der Waals surface area contributed by atoms with Crippen LogP contribution in [-0.4, -0.2) is 32.5 Å². The van der Waals surface area contributed by atoms with E-state index in [1.165, 1.54) is 40.2 Å². The molecule has 10 nitrogen and oxygen atoms in total. The predicted molar refractivity (Wildman–Crippen MR) is 153 cm³/mol. The van der Waals surface area contributed by atoms with Gasteiger partial charge in [0.2, 0.25) is 17.7 Å². The van der Waals surface area contributed by atoms with E-state index < -0.39 is 33.8 Å². The Morgan fingerprint density at radius 3 is 2.40 bits per heavy atom. The van der Waals surface area contributed by atoms with Gasteiger partial charge in [-0.05, 0) is 42.6 Å². The molecule has 4 heterocycles. The largest absolute Gasteiger partial charge is 0.325 e. The van der Waals surface area contributed by atoms with E-state index in [0.29, 0.717) is 15.6 Å². The average molecular weight is 593 g/mol. The molecule has 1 fully saturated rings. The van der Waals surface area contributed by atoms with Crippen LogP contribution in [0.1, 0.15) is 21.2 Å². The number of aromatic nitrogens is 1. The lowest BCUT2D eigenvalue weighted by Gasteiger charge is -2.29. The van der Waals surface area contributed by atoms with E-state index >= 15 is 0 Å². The monoisotopic (exact) mass is 592 g/mol. The molecule has 4 aromatic rings. The number of nitro benzene ring substituents is 1. The van der Waals surface area contributed by atoms with Crippen LogP contribution in [0.4, 0.5) is 17.1 Å². The zero-order valence-corrected chi connectivity index (χ0v) is 23.3. The summed E-state index contributed by atoms with van der Waals surface area (Å²) < 4.78 is 1.37.